The van der Waals surface area contributed by atoms with Crippen LogP contribution in [0.25, 0.3) is 0 Å². The first-order chi connectivity index (χ1) is 8.87. The smallest absolute Gasteiger partial charge is 0.252 e. The summed E-state index contributed by atoms with van der Waals surface area (Å²) in [6.45, 7) is 3.11. The molecule has 9 heteroatoms. The van der Waals surface area contributed by atoms with Crippen LogP contribution in [0.1, 0.15) is 6.92 Å². The number of halogens is 2. The Morgan fingerprint density at radius 3 is 2.79 bits per heavy atom. The van der Waals surface area contributed by atoms with E-state index >= 15 is 0 Å². The largest absolute Gasteiger partial charge is 0.315 e. The van der Waals surface area contributed by atoms with E-state index in [1.165, 1.54) is 17.1 Å². The van der Waals surface area contributed by atoms with Gasteiger partial charge >= 0.3 is 0 Å². The van der Waals surface area contributed by atoms with E-state index in [-0.39, 0.29) is 4.90 Å². The van der Waals surface area contributed by atoms with E-state index < -0.39 is 23.0 Å². The fourth-order valence-corrected chi connectivity index (χ4v) is 2.55. The third-order valence-electron chi connectivity index (χ3n) is 2.48. The number of hydrogen-bond donors (Lipinski definition) is 1. The van der Waals surface area contributed by atoms with Crippen molar-refractivity contribution in [3.05, 3.63) is 12.4 Å². The van der Waals surface area contributed by atoms with Gasteiger partial charge in [-0.2, -0.15) is 9.40 Å². The molecule has 1 N–H and O–H groups in total. The molecule has 1 rings (SSSR count). The molecule has 0 radical (unpaired) electrons. The lowest BCUT2D eigenvalue weighted by Gasteiger charge is -2.14. The minimum atomic E-state index is -3.89. The predicted octanol–water partition coefficient (Wildman–Crippen LogP) is 0.378. The lowest BCUT2D eigenvalue weighted by Crippen LogP contribution is -2.31. The van der Waals surface area contributed by atoms with Gasteiger partial charge in [-0.15, -0.1) is 0 Å². The van der Waals surface area contributed by atoms with Gasteiger partial charge in [-0.05, 0) is 6.54 Å². The SMILES string of the molecule is CCNCCn1cc(S(=O)(=O)N(C)CC(F)F)cn1. The minimum Gasteiger partial charge on any atom is -0.315 e. The molecule has 0 amide bonds. The van der Waals surface area contributed by atoms with Crippen molar-refractivity contribution in [2.45, 2.75) is 24.8 Å². The number of nitrogens with one attached hydrogen (secondary N) is 1. The van der Waals surface area contributed by atoms with Gasteiger partial charge in [0, 0.05) is 19.8 Å². The summed E-state index contributed by atoms with van der Waals surface area (Å²) in [5.41, 5.74) is 0. The van der Waals surface area contributed by atoms with Crippen LogP contribution in [0, 0.1) is 0 Å². The zero-order valence-corrected chi connectivity index (χ0v) is 11.7. The number of aromatic nitrogens is 2. The lowest BCUT2D eigenvalue weighted by molar-refractivity contribution is 0.126. The average Bonchev–Trinajstić information content (AvgIpc) is 2.78. The predicted molar refractivity (Wildman–Crippen MR) is 66.6 cm³/mol. The molecule has 1 aromatic rings. The van der Waals surface area contributed by atoms with E-state index in [0.717, 1.165) is 13.6 Å². The van der Waals surface area contributed by atoms with Crippen molar-refractivity contribution >= 4 is 10.0 Å². The summed E-state index contributed by atoms with van der Waals surface area (Å²) >= 11 is 0. The highest BCUT2D eigenvalue weighted by Gasteiger charge is 2.24. The Morgan fingerprint density at radius 1 is 1.53 bits per heavy atom. The number of hydrogen-bond acceptors (Lipinski definition) is 4. The van der Waals surface area contributed by atoms with Gasteiger partial charge in [0.1, 0.15) is 4.90 Å². The standard InChI is InChI=1S/C10H18F2N4O2S/c1-3-13-4-5-16-7-9(6-14-16)19(17,18)15(2)8-10(11)12/h6-7,10,13H,3-5,8H2,1-2H3. The monoisotopic (exact) mass is 296 g/mol. The molecule has 110 valence electrons. The van der Waals surface area contributed by atoms with Gasteiger partial charge in [0.05, 0.1) is 19.3 Å². The maximum atomic E-state index is 12.2. The first-order valence-corrected chi connectivity index (χ1v) is 7.29. The summed E-state index contributed by atoms with van der Waals surface area (Å²) in [5, 5.41) is 6.97. The normalized spacial score (nSPS) is 12.5. The van der Waals surface area contributed by atoms with E-state index in [9.17, 15) is 17.2 Å². The summed E-state index contributed by atoms with van der Waals surface area (Å²) in [7, 11) is -2.77. The molecule has 1 heterocycles. The van der Waals surface area contributed by atoms with E-state index in [1.807, 2.05) is 6.92 Å². The molecule has 0 unspecified atom stereocenters. The maximum Gasteiger partial charge on any atom is 0.252 e. The van der Waals surface area contributed by atoms with Crippen LogP contribution >= 0.6 is 0 Å². The zero-order valence-electron chi connectivity index (χ0n) is 10.9. The van der Waals surface area contributed by atoms with Gasteiger partial charge in [-0.25, -0.2) is 17.2 Å². The third kappa shape index (κ3) is 4.51. The molecule has 6 nitrogen and oxygen atoms in total. The lowest BCUT2D eigenvalue weighted by atomic mass is 10.6. The van der Waals surface area contributed by atoms with Crippen LogP contribution < -0.4 is 5.32 Å². The van der Waals surface area contributed by atoms with E-state index in [4.69, 9.17) is 0 Å². The number of alkyl halides is 2. The second kappa shape index (κ2) is 6.92. The molecule has 0 aliphatic heterocycles. The van der Waals surface area contributed by atoms with Crippen LogP contribution in [0.2, 0.25) is 0 Å². The second-order valence-electron chi connectivity index (χ2n) is 3.97. The number of rotatable bonds is 8. The zero-order chi connectivity index (χ0) is 14.5. The topological polar surface area (TPSA) is 67.2 Å². The summed E-state index contributed by atoms with van der Waals surface area (Å²) < 4.78 is 50.4. The van der Waals surface area contributed by atoms with Gasteiger partial charge in [0.2, 0.25) is 10.0 Å². The Bertz CT molecular complexity index is 489. The number of nitrogens with zero attached hydrogens (tertiary/aromatic N) is 3. The maximum absolute atomic E-state index is 12.2. The van der Waals surface area contributed by atoms with Crippen molar-refractivity contribution in [2.75, 3.05) is 26.7 Å². The molecular weight excluding hydrogens is 278 g/mol. The Balaban J connectivity index is 2.73. The second-order valence-corrected chi connectivity index (χ2v) is 6.01. The van der Waals surface area contributed by atoms with Gasteiger partial charge in [-0.1, -0.05) is 6.92 Å². The average molecular weight is 296 g/mol. The van der Waals surface area contributed by atoms with Crippen LogP contribution in [-0.4, -0.2) is 55.6 Å². The summed E-state index contributed by atoms with van der Waals surface area (Å²) in [6.07, 6.45) is -0.193. The van der Waals surface area contributed by atoms with Crippen molar-refractivity contribution in [3.8, 4) is 0 Å². The van der Waals surface area contributed by atoms with Crippen LogP contribution in [-0.2, 0) is 16.6 Å². The van der Waals surface area contributed by atoms with Crippen LogP contribution in [0.5, 0.6) is 0 Å². The van der Waals surface area contributed by atoms with Gasteiger partial charge in [-0.3, -0.25) is 4.68 Å². The molecule has 0 atom stereocenters. The van der Waals surface area contributed by atoms with Crippen molar-refractivity contribution < 1.29 is 17.2 Å². The molecule has 1 aromatic heterocycles. The van der Waals surface area contributed by atoms with Crippen molar-refractivity contribution in [2.24, 2.45) is 0 Å². The molecule has 0 saturated heterocycles. The number of likely N-dealkylation sites (N-methyl/N-ethyl adjacent to an activating group) is 1. The number of sulfonamides is 1. The van der Waals surface area contributed by atoms with Crippen molar-refractivity contribution in [1.29, 1.82) is 0 Å². The Morgan fingerprint density at radius 2 is 2.21 bits per heavy atom. The highest BCUT2D eigenvalue weighted by atomic mass is 32.2. The molecule has 0 saturated carbocycles. The van der Waals surface area contributed by atoms with E-state index in [1.54, 1.807) is 0 Å². The van der Waals surface area contributed by atoms with Crippen LogP contribution in [0.4, 0.5) is 8.78 Å². The molecule has 0 aromatic carbocycles. The van der Waals surface area contributed by atoms with Crippen molar-refractivity contribution in [1.82, 2.24) is 19.4 Å². The fraction of sp³-hybridized carbons (Fsp3) is 0.700. The summed E-state index contributed by atoms with van der Waals surface area (Å²) in [6, 6.07) is 0. The summed E-state index contributed by atoms with van der Waals surface area (Å²) in [5.74, 6) is 0. The molecule has 0 fully saturated rings. The van der Waals surface area contributed by atoms with E-state index in [2.05, 4.69) is 10.4 Å². The minimum absolute atomic E-state index is 0.0767. The Labute approximate surface area is 111 Å². The molecule has 0 aliphatic rings. The fourth-order valence-electron chi connectivity index (χ4n) is 1.44. The van der Waals surface area contributed by atoms with Crippen LogP contribution in [0.3, 0.4) is 0 Å². The quantitative estimate of drug-likeness (QED) is 0.704. The molecule has 0 spiro atoms. The highest BCUT2D eigenvalue weighted by Crippen LogP contribution is 2.14. The Hall–Kier alpha value is -1.06. The molecule has 0 bridgehead atoms. The molecular formula is C10H18F2N4O2S. The van der Waals surface area contributed by atoms with E-state index in [0.29, 0.717) is 17.4 Å². The Kier molecular flexibility index (Phi) is 5.83. The van der Waals surface area contributed by atoms with Gasteiger partial charge in [0.25, 0.3) is 6.43 Å². The third-order valence-corrected chi connectivity index (χ3v) is 4.26. The highest BCUT2D eigenvalue weighted by molar-refractivity contribution is 7.89. The molecule has 19 heavy (non-hydrogen) atoms. The van der Waals surface area contributed by atoms with Crippen LogP contribution in [0.15, 0.2) is 17.3 Å². The first-order valence-electron chi connectivity index (χ1n) is 5.85. The van der Waals surface area contributed by atoms with Crippen molar-refractivity contribution in [3.63, 3.8) is 0 Å². The first kappa shape index (κ1) is 16.0. The van der Waals surface area contributed by atoms with Gasteiger partial charge < -0.3 is 5.32 Å². The van der Waals surface area contributed by atoms with Gasteiger partial charge in [0.15, 0.2) is 0 Å². The molecule has 0 aliphatic carbocycles. The summed E-state index contributed by atoms with van der Waals surface area (Å²) in [4.78, 5) is -0.0767.